The van der Waals surface area contributed by atoms with Crippen LogP contribution in [0.15, 0.2) is 28.9 Å². The van der Waals surface area contributed by atoms with Crippen LogP contribution >= 0.6 is 0 Å². The van der Waals surface area contributed by atoms with Crippen molar-refractivity contribution in [2.75, 3.05) is 26.2 Å². The van der Waals surface area contributed by atoms with Gasteiger partial charge in [-0.1, -0.05) is 18.1 Å². The first-order valence-electron chi connectivity index (χ1n) is 10.4. The predicted octanol–water partition coefficient (Wildman–Crippen LogP) is 2.86. The third-order valence-corrected chi connectivity index (χ3v) is 6.22. The molecule has 2 saturated heterocycles. The molecule has 1 unspecified atom stereocenters. The van der Waals surface area contributed by atoms with Gasteiger partial charge in [0.05, 0.1) is 0 Å². The van der Waals surface area contributed by atoms with Crippen LogP contribution < -0.4 is 5.32 Å². The lowest BCUT2D eigenvalue weighted by Gasteiger charge is -2.33. The monoisotopic (exact) mass is 383 g/mol. The number of hydrogen-bond donors (Lipinski definition) is 1. The van der Waals surface area contributed by atoms with Crippen LogP contribution in [-0.2, 0) is 4.79 Å². The van der Waals surface area contributed by atoms with Gasteiger partial charge in [-0.05, 0) is 62.7 Å². The van der Waals surface area contributed by atoms with Crippen molar-refractivity contribution in [1.82, 2.24) is 25.3 Å². The van der Waals surface area contributed by atoms with E-state index in [2.05, 4.69) is 27.4 Å². The Bertz CT molecular complexity index is 764. The van der Waals surface area contributed by atoms with Crippen LogP contribution in [0.2, 0.25) is 0 Å². The van der Waals surface area contributed by atoms with Gasteiger partial charge in [0.25, 0.3) is 0 Å². The van der Waals surface area contributed by atoms with Crippen LogP contribution in [0.3, 0.4) is 0 Å². The average molecular weight is 383 g/mol. The Hall–Kier alpha value is -2.28. The quantitative estimate of drug-likeness (QED) is 0.855. The summed E-state index contributed by atoms with van der Waals surface area (Å²) in [6.45, 7) is 5.93. The van der Waals surface area contributed by atoms with Gasteiger partial charge in [0.1, 0.15) is 5.69 Å². The fourth-order valence-electron chi connectivity index (χ4n) is 4.36. The van der Waals surface area contributed by atoms with Crippen molar-refractivity contribution in [2.24, 2.45) is 11.8 Å². The number of carbonyl (C=O) groups excluding carboxylic acids is 1. The number of carbonyl (C=O) groups is 1. The molecule has 28 heavy (non-hydrogen) atoms. The number of piperidine rings is 2. The van der Waals surface area contributed by atoms with Crippen LogP contribution in [0.1, 0.15) is 50.8 Å². The first kappa shape index (κ1) is 19.1. The summed E-state index contributed by atoms with van der Waals surface area (Å²) >= 11 is 0. The lowest BCUT2D eigenvalue weighted by Crippen LogP contribution is -2.40. The van der Waals surface area contributed by atoms with Gasteiger partial charge in [0.2, 0.25) is 17.6 Å². The van der Waals surface area contributed by atoms with E-state index in [0.29, 0.717) is 35.9 Å². The van der Waals surface area contributed by atoms with E-state index in [9.17, 15) is 4.79 Å². The van der Waals surface area contributed by atoms with Crippen LogP contribution in [0.5, 0.6) is 0 Å². The van der Waals surface area contributed by atoms with Gasteiger partial charge in [0, 0.05) is 31.6 Å². The van der Waals surface area contributed by atoms with Crippen LogP contribution in [0, 0.1) is 11.8 Å². The topological polar surface area (TPSA) is 84.2 Å². The summed E-state index contributed by atoms with van der Waals surface area (Å²) in [5, 5.41) is 7.47. The molecule has 2 aromatic heterocycles. The molecule has 7 nitrogen and oxygen atoms in total. The molecular weight excluding hydrogens is 354 g/mol. The van der Waals surface area contributed by atoms with Crippen molar-refractivity contribution >= 4 is 5.91 Å². The Kier molecular flexibility index (Phi) is 6.00. The first-order chi connectivity index (χ1) is 13.7. The third kappa shape index (κ3) is 4.41. The molecule has 0 aliphatic carbocycles. The minimum Gasteiger partial charge on any atom is -0.343 e. The molecule has 0 saturated carbocycles. The molecule has 0 aromatic carbocycles. The maximum atomic E-state index is 12.7. The molecule has 1 atom stereocenters. The fourth-order valence-corrected chi connectivity index (χ4v) is 4.36. The number of amides is 1. The summed E-state index contributed by atoms with van der Waals surface area (Å²) in [5.74, 6) is 2.84. The van der Waals surface area contributed by atoms with E-state index >= 15 is 0 Å². The van der Waals surface area contributed by atoms with Gasteiger partial charge in [-0.3, -0.25) is 9.78 Å². The van der Waals surface area contributed by atoms with Gasteiger partial charge in [-0.2, -0.15) is 4.98 Å². The van der Waals surface area contributed by atoms with Crippen molar-refractivity contribution in [3.8, 4) is 11.5 Å². The summed E-state index contributed by atoms with van der Waals surface area (Å²) < 4.78 is 5.49. The predicted molar refractivity (Wildman–Crippen MR) is 105 cm³/mol. The molecule has 1 N–H and O–H groups in total. The molecule has 0 spiro atoms. The second kappa shape index (κ2) is 8.82. The number of aromatic nitrogens is 3. The van der Waals surface area contributed by atoms with E-state index in [4.69, 9.17) is 4.52 Å². The van der Waals surface area contributed by atoms with Crippen molar-refractivity contribution in [3.63, 3.8) is 0 Å². The molecule has 0 radical (unpaired) electrons. The lowest BCUT2D eigenvalue weighted by atomic mass is 9.83. The van der Waals surface area contributed by atoms with Crippen molar-refractivity contribution < 1.29 is 9.32 Å². The Morgan fingerprint density at radius 1 is 1.25 bits per heavy atom. The number of rotatable bonds is 5. The zero-order valence-electron chi connectivity index (χ0n) is 16.5. The van der Waals surface area contributed by atoms with Crippen molar-refractivity contribution in [1.29, 1.82) is 0 Å². The fraction of sp³-hybridized carbons (Fsp3) is 0.619. The van der Waals surface area contributed by atoms with Crippen molar-refractivity contribution in [2.45, 2.75) is 44.9 Å². The maximum Gasteiger partial charge on any atom is 0.230 e. The largest absolute Gasteiger partial charge is 0.343 e. The van der Waals surface area contributed by atoms with Crippen LogP contribution in [-0.4, -0.2) is 52.1 Å². The summed E-state index contributed by atoms with van der Waals surface area (Å²) in [5.41, 5.74) is 0.719. The van der Waals surface area contributed by atoms with E-state index in [1.165, 1.54) is 12.8 Å². The lowest BCUT2D eigenvalue weighted by molar-refractivity contribution is -0.133. The standard InChI is InChI=1S/C21H29N5O2/c1-15(16-5-10-22-11-6-16)14-19(27)26-12-7-17(8-13-26)21-24-20(25-28-21)18-4-2-3-9-23-18/h2-4,9,15-17,22H,5-8,10-14H2,1H3. The summed E-state index contributed by atoms with van der Waals surface area (Å²) in [7, 11) is 0. The third-order valence-electron chi connectivity index (χ3n) is 6.22. The molecule has 7 heteroatoms. The van der Waals surface area contributed by atoms with Crippen LogP contribution in [0.4, 0.5) is 0 Å². The van der Waals surface area contributed by atoms with E-state index in [1.54, 1.807) is 6.20 Å². The Labute approximate surface area is 165 Å². The Balaban J connectivity index is 1.28. The van der Waals surface area contributed by atoms with Crippen LogP contribution in [0.25, 0.3) is 11.5 Å². The molecule has 0 bridgehead atoms. The maximum absolute atomic E-state index is 12.7. The minimum atomic E-state index is 0.218. The second-order valence-corrected chi connectivity index (χ2v) is 8.10. The highest BCUT2D eigenvalue weighted by molar-refractivity contribution is 5.76. The summed E-state index contributed by atoms with van der Waals surface area (Å²) in [6.07, 6.45) is 6.51. The highest BCUT2D eigenvalue weighted by Gasteiger charge is 2.29. The molecule has 2 fully saturated rings. The smallest absolute Gasteiger partial charge is 0.230 e. The minimum absolute atomic E-state index is 0.218. The van der Waals surface area contributed by atoms with E-state index in [-0.39, 0.29) is 5.92 Å². The molecule has 150 valence electrons. The highest BCUT2D eigenvalue weighted by Crippen LogP contribution is 2.30. The van der Waals surface area contributed by atoms with E-state index in [0.717, 1.165) is 44.7 Å². The molecule has 2 aliphatic rings. The normalized spacial score (nSPS) is 20.2. The van der Waals surface area contributed by atoms with Crippen molar-refractivity contribution in [3.05, 3.63) is 30.3 Å². The molecule has 2 aromatic rings. The second-order valence-electron chi connectivity index (χ2n) is 8.10. The van der Waals surface area contributed by atoms with Gasteiger partial charge in [-0.15, -0.1) is 0 Å². The molecule has 4 heterocycles. The van der Waals surface area contributed by atoms with E-state index < -0.39 is 0 Å². The van der Waals surface area contributed by atoms with E-state index in [1.807, 2.05) is 23.1 Å². The molecule has 2 aliphatic heterocycles. The van der Waals surface area contributed by atoms with Gasteiger partial charge in [0.15, 0.2) is 0 Å². The van der Waals surface area contributed by atoms with Gasteiger partial charge < -0.3 is 14.7 Å². The Morgan fingerprint density at radius 2 is 2.04 bits per heavy atom. The number of likely N-dealkylation sites (tertiary alicyclic amines) is 1. The number of pyridine rings is 1. The van der Waals surface area contributed by atoms with Gasteiger partial charge >= 0.3 is 0 Å². The highest BCUT2D eigenvalue weighted by atomic mass is 16.5. The molecule has 1 amide bonds. The zero-order chi connectivity index (χ0) is 19.3. The number of nitrogens with one attached hydrogen (secondary N) is 1. The zero-order valence-corrected chi connectivity index (χ0v) is 16.5. The van der Waals surface area contributed by atoms with Gasteiger partial charge in [-0.25, -0.2) is 0 Å². The Morgan fingerprint density at radius 3 is 2.75 bits per heavy atom. The first-order valence-corrected chi connectivity index (χ1v) is 10.4. The summed E-state index contributed by atoms with van der Waals surface area (Å²) in [6, 6.07) is 5.65. The summed E-state index contributed by atoms with van der Waals surface area (Å²) in [4.78, 5) is 23.6. The molecular formula is C21H29N5O2. The number of nitrogens with zero attached hydrogens (tertiary/aromatic N) is 4. The number of hydrogen-bond acceptors (Lipinski definition) is 6. The SMILES string of the molecule is CC(CC(=O)N1CCC(c2nc(-c3ccccn3)no2)CC1)C1CCNCC1. The average Bonchev–Trinajstić information content (AvgIpc) is 3.25. The molecule has 4 rings (SSSR count).